The number of hydrogen-bond donors (Lipinski definition) is 1. The van der Waals surface area contributed by atoms with Gasteiger partial charge in [0.25, 0.3) is 5.69 Å². The molecule has 35 heavy (non-hydrogen) atoms. The third-order valence-electron chi connectivity index (χ3n) is 6.06. The molecule has 1 amide bonds. The van der Waals surface area contributed by atoms with Gasteiger partial charge in [-0.2, -0.15) is 13.2 Å². The molecular weight excluding hydrogens is 465 g/mol. The number of alkyl halides is 3. The van der Waals surface area contributed by atoms with Gasteiger partial charge in [-0.25, -0.2) is 9.97 Å². The summed E-state index contributed by atoms with van der Waals surface area (Å²) < 4.78 is 40.7. The van der Waals surface area contributed by atoms with Crippen LogP contribution >= 0.6 is 0 Å². The van der Waals surface area contributed by atoms with E-state index in [1.807, 2.05) is 23.6 Å². The van der Waals surface area contributed by atoms with Gasteiger partial charge in [0.1, 0.15) is 17.3 Å². The average Bonchev–Trinajstić information content (AvgIpc) is 3.27. The van der Waals surface area contributed by atoms with Gasteiger partial charge in [0.2, 0.25) is 5.91 Å². The summed E-state index contributed by atoms with van der Waals surface area (Å²) in [6.45, 7) is 2.82. The molecule has 0 saturated carbocycles. The molecule has 1 aliphatic heterocycles. The molecule has 0 bridgehead atoms. The molecule has 1 aliphatic rings. The van der Waals surface area contributed by atoms with Crippen LogP contribution < -0.4 is 10.2 Å². The lowest BCUT2D eigenvalue weighted by Crippen LogP contribution is -2.40. The Kier molecular flexibility index (Phi) is 6.72. The van der Waals surface area contributed by atoms with Crippen molar-refractivity contribution in [3.63, 3.8) is 0 Å². The van der Waals surface area contributed by atoms with Gasteiger partial charge in [-0.15, -0.1) is 0 Å². The number of benzene rings is 1. The number of rotatable bonds is 6. The van der Waals surface area contributed by atoms with E-state index in [0.717, 1.165) is 23.5 Å². The highest BCUT2D eigenvalue weighted by atomic mass is 19.4. The Morgan fingerprint density at radius 2 is 1.91 bits per heavy atom. The molecular formula is C23H23F3N6O3. The van der Waals surface area contributed by atoms with Crippen molar-refractivity contribution in [2.45, 2.75) is 32.5 Å². The van der Waals surface area contributed by atoms with Gasteiger partial charge in [0.15, 0.2) is 0 Å². The predicted octanol–water partition coefficient (Wildman–Crippen LogP) is 4.04. The largest absolute Gasteiger partial charge is 0.416 e. The van der Waals surface area contributed by atoms with Crippen molar-refractivity contribution in [1.29, 1.82) is 0 Å². The number of nitrogens with zero attached hydrogens (tertiary/aromatic N) is 5. The van der Waals surface area contributed by atoms with Gasteiger partial charge < -0.3 is 10.2 Å². The van der Waals surface area contributed by atoms with E-state index in [1.165, 1.54) is 0 Å². The van der Waals surface area contributed by atoms with Gasteiger partial charge >= 0.3 is 6.18 Å². The number of amides is 1. The fourth-order valence-electron chi connectivity index (χ4n) is 4.15. The van der Waals surface area contributed by atoms with Crippen LogP contribution in [0.3, 0.4) is 0 Å². The second kappa shape index (κ2) is 9.72. The highest BCUT2D eigenvalue weighted by molar-refractivity contribution is 5.79. The average molecular weight is 488 g/mol. The SMILES string of the molecule is Cc1nccn1-c1cc(CNC(=O)C2CCN(c3ccc(C(F)(F)F)cc3[N+](=O)[O-])CC2)ccn1. The smallest absolute Gasteiger partial charge is 0.366 e. The van der Waals surface area contributed by atoms with Crippen LogP contribution in [0.15, 0.2) is 48.9 Å². The maximum Gasteiger partial charge on any atom is 0.416 e. The summed E-state index contributed by atoms with van der Waals surface area (Å²) >= 11 is 0. The lowest BCUT2D eigenvalue weighted by Gasteiger charge is -2.32. The van der Waals surface area contributed by atoms with Gasteiger partial charge in [0.05, 0.1) is 10.5 Å². The van der Waals surface area contributed by atoms with Crippen molar-refractivity contribution in [1.82, 2.24) is 19.9 Å². The Morgan fingerprint density at radius 1 is 1.17 bits per heavy atom. The highest BCUT2D eigenvalue weighted by Crippen LogP contribution is 2.37. The van der Waals surface area contributed by atoms with E-state index in [0.29, 0.717) is 44.4 Å². The number of nitrogens with one attached hydrogen (secondary N) is 1. The molecule has 0 spiro atoms. The molecule has 0 radical (unpaired) electrons. The Bertz CT molecular complexity index is 1240. The number of halogens is 3. The first-order valence-electron chi connectivity index (χ1n) is 11.0. The number of nitro groups is 1. The van der Waals surface area contributed by atoms with Crippen LogP contribution in [0.2, 0.25) is 0 Å². The van der Waals surface area contributed by atoms with Crippen LogP contribution in [0.1, 0.15) is 29.8 Å². The zero-order valence-electron chi connectivity index (χ0n) is 18.8. The fourth-order valence-corrected chi connectivity index (χ4v) is 4.15. The number of anilines is 1. The van der Waals surface area contributed by atoms with Gasteiger partial charge in [0, 0.05) is 50.2 Å². The summed E-state index contributed by atoms with van der Waals surface area (Å²) in [5.41, 5.74) is -0.663. The lowest BCUT2D eigenvalue weighted by atomic mass is 9.95. The Hall–Kier alpha value is -3.96. The number of aromatic nitrogens is 3. The first kappa shape index (κ1) is 24.2. The normalized spacial score (nSPS) is 14.7. The standard InChI is InChI=1S/C23H23F3N6O3/c1-15-27-8-11-31(15)21-12-16(4-7-28-21)14-29-22(33)17-5-9-30(10-6-17)19-3-2-18(23(24,25)26)13-20(19)32(34)35/h2-4,7-8,11-13,17H,5-6,9-10,14H2,1H3,(H,29,33). The van der Waals surface area contributed by atoms with Crippen molar-refractivity contribution in [2.24, 2.45) is 5.92 Å². The summed E-state index contributed by atoms with van der Waals surface area (Å²) in [6, 6.07) is 6.20. The van der Waals surface area contributed by atoms with Crippen molar-refractivity contribution < 1.29 is 22.9 Å². The summed E-state index contributed by atoms with van der Waals surface area (Å²) in [5.74, 6) is 1.05. The minimum absolute atomic E-state index is 0.126. The molecule has 184 valence electrons. The number of carbonyl (C=O) groups excluding carboxylic acids is 1. The Balaban J connectivity index is 1.36. The second-order valence-corrected chi connectivity index (χ2v) is 8.30. The van der Waals surface area contributed by atoms with Crippen molar-refractivity contribution in [2.75, 3.05) is 18.0 Å². The van der Waals surface area contributed by atoms with Gasteiger partial charge in [-0.05, 0) is 49.6 Å². The van der Waals surface area contributed by atoms with Gasteiger partial charge in [-0.3, -0.25) is 19.5 Å². The topological polar surface area (TPSA) is 106 Å². The van der Waals surface area contributed by atoms with Crippen LogP contribution in [0.25, 0.3) is 5.82 Å². The molecule has 1 N–H and O–H groups in total. The van der Waals surface area contributed by atoms with Crippen molar-refractivity contribution in [3.8, 4) is 5.82 Å². The third-order valence-corrected chi connectivity index (χ3v) is 6.06. The number of imidazole rings is 1. The Labute approximate surface area is 198 Å². The van der Waals surface area contributed by atoms with E-state index < -0.39 is 22.4 Å². The van der Waals surface area contributed by atoms with E-state index in [2.05, 4.69) is 15.3 Å². The molecule has 12 heteroatoms. The van der Waals surface area contributed by atoms with Crippen LogP contribution in [0, 0.1) is 23.0 Å². The number of hydrogen-bond acceptors (Lipinski definition) is 6. The molecule has 3 aromatic rings. The maximum atomic E-state index is 13.0. The van der Waals surface area contributed by atoms with E-state index in [9.17, 15) is 28.1 Å². The fraction of sp³-hybridized carbons (Fsp3) is 0.348. The lowest BCUT2D eigenvalue weighted by molar-refractivity contribution is -0.384. The molecule has 0 aliphatic carbocycles. The van der Waals surface area contributed by atoms with Crippen LogP contribution in [0.5, 0.6) is 0 Å². The molecule has 1 aromatic carbocycles. The summed E-state index contributed by atoms with van der Waals surface area (Å²) in [7, 11) is 0. The van der Waals surface area contributed by atoms with Crippen molar-refractivity contribution in [3.05, 3.63) is 76.0 Å². The second-order valence-electron chi connectivity index (χ2n) is 8.30. The number of nitro benzene ring substituents is 1. The number of carbonyl (C=O) groups is 1. The monoisotopic (exact) mass is 488 g/mol. The molecule has 3 heterocycles. The predicted molar refractivity (Wildman–Crippen MR) is 121 cm³/mol. The minimum atomic E-state index is -4.67. The number of pyridine rings is 1. The zero-order valence-corrected chi connectivity index (χ0v) is 18.8. The molecule has 0 unspecified atom stereocenters. The molecule has 0 atom stereocenters. The number of piperidine rings is 1. The maximum absolute atomic E-state index is 13.0. The third kappa shape index (κ3) is 5.42. The quantitative estimate of drug-likeness (QED) is 0.415. The summed E-state index contributed by atoms with van der Waals surface area (Å²) in [4.78, 5) is 33.5. The first-order chi connectivity index (χ1) is 16.6. The molecule has 2 aromatic heterocycles. The van der Waals surface area contributed by atoms with Crippen LogP contribution in [-0.4, -0.2) is 38.5 Å². The van der Waals surface area contributed by atoms with E-state index >= 15 is 0 Å². The summed E-state index contributed by atoms with van der Waals surface area (Å²) in [6.07, 6.45) is 1.33. The van der Waals surface area contributed by atoms with E-state index in [-0.39, 0.29) is 17.5 Å². The Morgan fingerprint density at radius 3 is 2.54 bits per heavy atom. The molecule has 1 saturated heterocycles. The minimum Gasteiger partial charge on any atom is -0.366 e. The van der Waals surface area contributed by atoms with Gasteiger partial charge in [-0.1, -0.05) is 0 Å². The first-order valence-corrected chi connectivity index (χ1v) is 11.0. The highest BCUT2D eigenvalue weighted by Gasteiger charge is 2.34. The number of aryl methyl sites for hydroxylation is 1. The molecule has 4 rings (SSSR count). The van der Waals surface area contributed by atoms with E-state index in [1.54, 1.807) is 23.5 Å². The van der Waals surface area contributed by atoms with E-state index in [4.69, 9.17) is 0 Å². The zero-order chi connectivity index (χ0) is 25.2. The van der Waals surface area contributed by atoms with Crippen LogP contribution in [-0.2, 0) is 17.5 Å². The van der Waals surface area contributed by atoms with Crippen molar-refractivity contribution >= 4 is 17.3 Å². The molecule has 9 nitrogen and oxygen atoms in total. The summed E-state index contributed by atoms with van der Waals surface area (Å²) in [5, 5.41) is 14.3. The molecule has 1 fully saturated rings. The van der Waals surface area contributed by atoms with Crippen LogP contribution in [0.4, 0.5) is 24.5 Å².